The Bertz CT molecular complexity index is 616. The number of carboxylic acid groups (broad SMARTS) is 1. The molecule has 200 valence electrons. The molecule has 0 aromatic rings. The largest absolute Gasteiger partial charge is 0.481 e. The van der Waals surface area contributed by atoms with Crippen LogP contribution in [0.2, 0.25) is 0 Å². The van der Waals surface area contributed by atoms with Gasteiger partial charge >= 0.3 is 5.97 Å². The van der Waals surface area contributed by atoms with Gasteiger partial charge in [-0.3, -0.25) is 4.79 Å². The molecule has 0 aliphatic heterocycles. The van der Waals surface area contributed by atoms with Crippen LogP contribution in [0.15, 0.2) is 0 Å². The Morgan fingerprint density at radius 1 is 0.971 bits per heavy atom. The Hall–Kier alpha value is -0.570. The molecule has 0 aromatic heterocycles. The van der Waals surface area contributed by atoms with Crippen molar-refractivity contribution < 1.29 is 15.0 Å². The zero-order valence-electron chi connectivity index (χ0n) is 23.7. The van der Waals surface area contributed by atoms with Gasteiger partial charge in [-0.2, -0.15) is 0 Å². The highest BCUT2D eigenvalue weighted by Gasteiger charge is 2.52. The second-order valence-electron chi connectivity index (χ2n) is 13.2. The molecule has 0 aromatic carbocycles. The monoisotopic (exact) mass is 478 g/mol. The summed E-state index contributed by atoms with van der Waals surface area (Å²) in [7, 11) is 0. The summed E-state index contributed by atoms with van der Waals surface area (Å²) in [4.78, 5) is 11.2. The summed E-state index contributed by atoms with van der Waals surface area (Å²) in [6, 6.07) is 0. The van der Waals surface area contributed by atoms with Gasteiger partial charge in [-0.1, -0.05) is 80.1 Å². The molecule has 2 rings (SSSR count). The van der Waals surface area contributed by atoms with Gasteiger partial charge in [0.1, 0.15) is 0 Å². The fraction of sp³-hybridized carbons (Fsp3) is 0.968. The van der Waals surface area contributed by atoms with E-state index >= 15 is 0 Å². The summed E-state index contributed by atoms with van der Waals surface area (Å²) in [6.07, 6.45) is 16.4. The average Bonchev–Trinajstić information content (AvgIpc) is 2.95. The van der Waals surface area contributed by atoms with Gasteiger partial charge in [-0.15, -0.1) is 0 Å². The van der Waals surface area contributed by atoms with Crippen LogP contribution in [-0.2, 0) is 4.79 Å². The maximum absolute atomic E-state index is 11.2. The van der Waals surface area contributed by atoms with Gasteiger partial charge in [0, 0.05) is 6.42 Å². The van der Waals surface area contributed by atoms with Gasteiger partial charge in [0.2, 0.25) is 0 Å². The van der Waals surface area contributed by atoms with Gasteiger partial charge < -0.3 is 10.2 Å². The normalized spacial score (nSPS) is 37.5. The third-order valence-corrected chi connectivity index (χ3v) is 10.9. The highest BCUT2D eigenvalue weighted by molar-refractivity contribution is 5.66. The lowest BCUT2D eigenvalue weighted by Gasteiger charge is -2.56. The smallest absolute Gasteiger partial charge is 0.303 e. The molecule has 34 heavy (non-hydrogen) atoms. The second kappa shape index (κ2) is 13.1. The first-order chi connectivity index (χ1) is 16.0. The van der Waals surface area contributed by atoms with Crippen molar-refractivity contribution in [2.45, 2.75) is 144 Å². The Labute approximate surface area is 211 Å². The number of carboxylic acids is 1. The van der Waals surface area contributed by atoms with E-state index in [9.17, 15) is 15.0 Å². The standard InChI is InChI=1S/C31H58O3/c1-8-13-26-15-11-10-12-19-30(26,6)21-25-18-20-31(7,23(4)22(3)16-17-28(33)34)27(14-9-2)29(25)24(5)32/h22-27,29,32H,8-21H2,1-7H3,(H,33,34)/t22-,23-,24?,25?,26?,27?,29?,30?,31?/m1/s1. The molecule has 0 amide bonds. The fourth-order valence-corrected chi connectivity index (χ4v) is 8.62. The summed E-state index contributed by atoms with van der Waals surface area (Å²) in [5, 5.41) is 20.5. The van der Waals surface area contributed by atoms with E-state index in [2.05, 4.69) is 48.5 Å². The Morgan fingerprint density at radius 3 is 2.24 bits per heavy atom. The van der Waals surface area contributed by atoms with Crippen molar-refractivity contribution in [1.29, 1.82) is 0 Å². The summed E-state index contributed by atoms with van der Waals surface area (Å²) >= 11 is 0. The number of hydrogen-bond donors (Lipinski definition) is 2. The number of rotatable bonds is 12. The van der Waals surface area contributed by atoms with Crippen LogP contribution in [0.1, 0.15) is 138 Å². The third-order valence-electron chi connectivity index (χ3n) is 10.9. The minimum absolute atomic E-state index is 0.166. The van der Waals surface area contributed by atoms with Crippen molar-refractivity contribution in [3.63, 3.8) is 0 Å². The van der Waals surface area contributed by atoms with Crippen LogP contribution < -0.4 is 0 Å². The van der Waals surface area contributed by atoms with E-state index in [0.717, 1.165) is 18.8 Å². The van der Waals surface area contributed by atoms with E-state index in [1.807, 2.05) is 0 Å². The lowest BCUT2D eigenvalue weighted by atomic mass is 9.49. The first kappa shape index (κ1) is 29.7. The van der Waals surface area contributed by atoms with Gasteiger partial charge in [0.15, 0.2) is 0 Å². The quantitative estimate of drug-likeness (QED) is 0.276. The molecule has 2 N–H and O–H groups in total. The third kappa shape index (κ3) is 7.01. The molecule has 2 aliphatic carbocycles. The van der Waals surface area contributed by atoms with Crippen molar-refractivity contribution in [3.8, 4) is 0 Å². The summed E-state index contributed by atoms with van der Waals surface area (Å²) in [5.74, 6) is 2.48. The molecular weight excluding hydrogens is 420 g/mol. The van der Waals surface area contributed by atoms with E-state index < -0.39 is 5.97 Å². The van der Waals surface area contributed by atoms with Crippen LogP contribution in [0, 0.1) is 46.3 Å². The predicted octanol–water partition coefficient (Wildman–Crippen LogP) is 8.73. The molecule has 2 fully saturated rings. The zero-order chi connectivity index (χ0) is 25.5. The van der Waals surface area contributed by atoms with Crippen molar-refractivity contribution in [3.05, 3.63) is 0 Å². The van der Waals surface area contributed by atoms with Crippen LogP contribution in [0.3, 0.4) is 0 Å². The highest BCUT2D eigenvalue weighted by atomic mass is 16.4. The maximum atomic E-state index is 11.2. The van der Waals surface area contributed by atoms with Crippen LogP contribution >= 0.6 is 0 Å². The van der Waals surface area contributed by atoms with Crippen molar-refractivity contribution in [2.24, 2.45) is 46.3 Å². The number of hydrogen-bond acceptors (Lipinski definition) is 2. The topological polar surface area (TPSA) is 57.5 Å². The first-order valence-corrected chi connectivity index (χ1v) is 14.9. The zero-order valence-corrected chi connectivity index (χ0v) is 23.7. The van der Waals surface area contributed by atoms with Crippen LogP contribution in [0.4, 0.5) is 0 Å². The predicted molar refractivity (Wildman–Crippen MR) is 144 cm³/mol. The van der Waals surface area contributed by atoms with E-state index in [0.29, 0.717) is 35.0 Å². The van der Waals surface area contributed by atoms with Gasteiger partial charge in [0.25, 0.3) is 0 Å². The second-order valence-corrected chi connectivity index (χ2v) is 13.2. The molecule has 7 unspecified atom stereocenters. The summed E-state index contributed by atoms with van der Waals surface area (Å²) in [5.41, 5.74) is 0.578. The molecule has 0 spiro atoms. The van der Waals surface area contributed by atoms with E-state index in [-0.39, 0.29) is 17.9 Å². The minimum atomic E-state index is -0.682. The van der Waals surface area contributed by atoms with Crippen molar-refractivity contribution >= 4 is 5.97 Å². The Morgan fingerprint density at radius 2 is 1.65 bits per heavy atom. The SMILES string of the molecule is CCCC1CCCCCC1(C)CC1CCC(C)([C@H](C)[C@H](C)CCC(=O)O)C(CCC)C1C(C)O. The number of aliphatic hydroxyl groups is 1. The van der Waals surface area contributed by atoms with Gasteiger partial charge in [-0.25, -0.2) is 0 Å². The molecule has 2 saturated carbocycles. The Kier molecular flexibility index (Phi) is 11.4. The lowest BCUT2D eigenvalue weighted by Crippen LogP contribution is -2.51. The van der Waals surface area contributed by atoms with Gasteiger partial charge in [-0.05, 0) is 98.2 Å². The molecule has 0 saturated heterocycles. The number of aliphatic carboxylic acids is 1. The Balaban J connectivity index is 2.31. The van der Waals surface area contributed by atoms with Crippen LogP contribution in [0.5, 0.6) is 0 Å². The summed E-state index contributed by atoms with van der Waals surface area (Å²) < 4.78 is 0. The number of aliphatic hydroxyl groups excluding tert-OH is 1. The number of carbonyl (C=O) groups is 1. The molecule has 9 atom stereocenters. The van der Waals surface area contributed by atoms with Crippen LogP contribution in [-0.4, -0.2) is 22.3 Å². The van der Waals surface area contributed by atoms with Crippen LogP contribution in [0.25, 0.3) is 0 Å². The minimum Gasteiger partial charge on any atom is -0.481 e. The maximum Gasteiger partial charge on any atom is 0.303 e. The fourth-order valence-electron chi connectivity index (χ4n) is 8.62. The molecule has 2 aliphatic rings. The molecule has 0 radical (unpaired) electrons. The van der Waals surface area contributed by atoms with E-state index in [4.69, 9.17) is 0 Å². The lowest BCUT2D eigenvalue weighted by molar-refractivity contribution is -0.137. The molecular formula is C31H58O3. The van der Waals surface area contributed by atoms with Crippen molar-refractivity contribution in [2.75, 3.05) is 0 Å². The average molecular weight is 479 g/mol. The van der Waals surface area contributed by atoms with Gasteiger partial charge in [0.05, 0.1) is 6.10 Å². The van der Waals surface area contributed by atoms with E-state index in [1.165, 1.54) is 70.6 Å². The van der Waals surface area contributed by atoms with E-state index in [1.54, 1.807) is 0 Å². The summed E-state index contributed by atoms with van der Waals surface area (Å²) in [6.45, 7) is 16.4. The van der Waals surface area contributed by atoms with Crippen molar-refractivity contribution in [1.82, 2.24) is 0 Å². The molecule has 0 heterocycles. The molecule has 3 heteroatoms. The molecule has 0 bridgehead atoms. The molecule has 3 nitrogen and oxygen atoms in total. The highest BCUT2D eigenvalue weighted by Crippen LogP contribution is 2.59. The first-order valence-electron chi connectivity index (χ1n) is 14.9.